The van der Waals surface area contributed by atoms with Crippen molar-refractivity contribution in [1.29, 1.82) is 0 Å². The summed E-state index contributed by atoms with van der Waals surface area (Å²) in [6.45, 7) is 4.74. The molecule has 0 spiro atoms. The molecule has 0 aliphatic carbocycles. The summed E-state index contributed by atoms with van der Waals surface area (Å²) in [5.41, 5.74) is -0.915. The lowest BCUT2D eigenvalue weighted by atomic mass is 9.78. The van der Waals surface area contributed by atoms with E-state index in [9.17, 15) is 93.9 Å². The van der Waals surface area contributed by atoms with Crippen LogP contribution in [0, 0.1) is 0 Å². The minimum atomic E-state index is -4.54. The van der Waals surface area contributed by atoms with Crippen LogP contribution in [0.2, 0.25) is 0 Å². The van der Waals surface area contributed by atoms with Crippen LogP contribution >= 0.6 is 0 Å². The summed E-state index contributed by atoms with van der Waals surface area (Å²) in [4.78, 5) is 68.0. The van der Waals surface area contributed by atoms with Gasteiger partial charge in [0.2, 0.25) is 5.69 Å². The molecule has 2 aliphatic rings. The molecule has 432 valence electrons. The lowest BCUT2D eigenvalue weighted by molar-refractivity contribution is -0.437. The maximum absolute atomic E-state index is 13.9. The number of carbonyl (C=O) groups excluding carboxylic acids is 4. The average Bonchev–Trinajstić information content (AvgIpc) is 3.63. The first-order valence-corrected chi connectivity index (χ1v) is 31.8. The Morgan fingerprint density at radius 2 is 0.987 bits per heavy atom. The Kier molecular flexibility index (Phi) is 21.4. The number of amides is 4. The Bertz CT molecular complexity index is 3400. The molecule has 4 rings (SSSR count). The van der Waals surface area contributed by atoms with Crippen LogP contribution in [0.3, 0.4) is 0 Å². The molecule has 2 aromatic carbocycles. The Balaban J connectivity index is 1.90. The van der Waals surface area contributed by atoms with Gasteiger partial charge in [0.1, 0.15) is 6.54 Å². The number of fused-ring (bicyclic) bond motifs is 2. The smallest absolute Gasteiger partial charge is 0.303 e. The van der Waals surface area contributed by atoms with Crippen LogP contribution in [-0.2, 0) is 66.2 Å². The molecule has 0 saturated heterocycles. The normalized spacial score (nSPS) is 15.9. The average molecular weight is 1200 g/mol. The van der Waals surface area contributed by atoms with E-state index in [1.807, 2.05) is 0 Å². The molecule has 2 aliphatic heterocycles. The van der Waals surface area contributed by atoms with Crippen molar-refractivity contribution in [3.63, 3.8) is 0 Å². The zero-order valence-electron chi connectivity index (χ0n) is 42.8. The van der Waals surface area contributed by atoms with Crippen molar-refractivity contribution in [3.05, 3.63) is 93.7 Å². The van der Waals surface area contributed by atoms with Crippen molar-refractivity contribution < 1.29 is 98.5 Å². The predicted octanol–water partition coefficient (Wildman–Crippen LogP) is 1.25. The van der Waals surface area contributed by atoms with Crippen LogP contribution < -0.4 is 26.2 Å². The second kappa shape index (κ2) is 25.9. The molecule has 27 nitrogen and oxygen atoms in total. The molecule has 78 heavy (non-hydrogen) atoms. The number of carboxylic acids is 1. The number of nitrogens with zero attached hydrogens (tertiary/aromatic N) is 2. The minimum Gasteiger partial charge on any atom is -0.481 e. The summed E-state index contributed by atoms with van der Waals surface area (Å²) in [6, 6.07) is 5.17. The zero-order valence-corrected chi connectivity index (χ0v) is 46.8. The van der Waals surface area contributed by atoms with Crippen molar-refractivity contribution in [2.75, 3.05) is 72.9 Å². The van der Waals surface area contributed by atoms with Gasteiger partial charge in [-0.15, -0.1) is 0 Å². The molecular weight excluding hydrogens is 1130 g/mol. The first kappa shape index (κ1) is 64.6. The van der Waals surface area contributed by atoms with E-state index in [1.165, 1.54) is 18.2 Å². The summed E-state index contributed by atoms with van der Waals surface area (Å²) in [6.07, 6.45) is 8.82. The Hall–Kier alpha value is -5.97. The summed E-state index contributed by atoms with van der Waals surface area (Å²) in [5, 5.41) is 18.8. The number of carbonyl (C=O) groups is 5. The van der Waals surface area contributed by atoms with Gasteiger partial charge in [-0.25, -0.2) is 0 Å². The number of rotatable bonds is 29. The van der Waals surface area contributed by atoms with Crippen molar-refractivity contribution in [2.45, 2.75) is 70.6 Å². The van der Waals surface area contributed by atoms with E-state index in [4.69, 9.17) is 0 Å². The predicted molar refractivity (Wildman–Crippen MR) is 285 cm³/mol. The summed E-state index contributed by atoms with van der Waals surface area (Å²) >= 11 is 0. The highest BCUT2D eigenvalue weighted by atomic mass is 32.2. The van der Waals surface area contributed by atoms with Crippen LogP contribution in [0.15, 0.2) is 60.3 Å². The topological polar surface area (TPSA) is 432 Å². The Labute approximate surface area is 452 Å². The molecule has 4 amide bonds. The third-order valence-electron chi connectivity index (χ3n) is 12.3. The maximum Gasteiger partial charge on any atom is 0.303 e. The van der Waals surface area contributed by atoms with Crippen LogP contribution in [0.25, 0.3) is 0 Å². The van der Waals surface area contributed by atoms with E-state index < -0.39 is 146 Å². The highest BCUT2D eigenvalue weighted by Crippen LogP contribution is 2.50. The van der Waals surface area contributed by atoms with E-state index in [-0.39, 0.29) is 59.4 Å². The van der Waals surface area contributed by atoms with Gasteiger partial charge in [-0.3, -0.25) is 46.7 Å². The molecule has 0 unspecified atom stereocenters. The highest BCUT2D eigenvalue weighted by Gasteiger charge is 2.48. The van der Waals surface area contributed by atoms with E-state index in [2.05, 4.69) is 21.3 Å². The van der Waals surface area contributed by atoms with Gasteiger partial charge < -0.3 is 31.3 Å². The molecular formula is C46H63N6O21S5+. The van der Waals surface area contributed by atoms with Gasteiger partial charge in [-0.05, 0) is 51.0 Å². The van der Waals surface area contributed by atoms with Crippen LogP contribution in [-0.4, -0.2) is 178 Å². The number of allylic oxidation sites excluding steroid dienone is 6. The van der Waals surface area contributed by atoms with Crippen LogP contribution in [0.5, 0.6) is 0 Å². The highest BCUT2D eigenvalue weighted by molar-refractivity contribution is 7.86. The van der Waals surface area contributed by atoms with Crippen molar-refractivity contribution in [2.24, 2.45) is 0 Å². The molecule has 0 fully saturated rings. The van der Waals surface area contributed by atoms with Gasteiger partial charge in [0.15, 0.2) is 5.71 Å². The van der Waals surface area contributed by atoms with Gasteiger partial charge in [0.05, 0.1) is 45.3 Å². The number of aliphatic carboxylic acids is 1. The van der Waals surface area contributed by atoms with Gasteiger partial charge in [0, 0.05) is 96.8 Å². The number of hydrogen-bond acceptors (Lipinski definition) is 16. The lowest BCUT2D eigenvalue weighted by Gasteiger charge is -2.27. The molecule has 2 aromatic rings. The van der Waals surface area contributed by atoms with Gasteiger partial charge in [-0.1, -0.05) is 38.5 Å². The van der Waals surface area contributed by atoms with E-state index in [0.717, 1.165) is 6.07 Å². The van der Waals surface area contributed by atoms with E-state index in [0.29, 0.717) is 41.9 Å². The third kappa shape index (κ3) is 18.9. The second-order valence-electron chi connectivity index (χ2n) is 19.1. The number of unbranched alkanes of at least 4 members (excludes halogenated alkanes) is 2. The standard InChI is InChI=1S/C46H62N6O21S5/c1-45(2)36(51(19-10-6-9-14-38(53)54)34-28-30(41(55)47-15-22-75(62,63)64)26-32(39(34)45)43(57)49-17-24-77(68,69)70)12-7-5-8-13-37-46(3,4)40-33(44(58)50-18-25-78(71,72)73)27-31(42(56)48-16-23-76(65,66)67)29-35(40)52(37)20-11-21-74(59,60)61/h5,7-8,12-13,26-29H,6,9-11,14-25H2,1-4H3,(H9-,47,48,49,50,53,54,55,56,57,58,59,60,61,62,63,64,65,66,67,68,69,70,71,72,73)/p+1. The molecule has 0 atom stereocenters. The fraction of sp³-hybridized carbons (Fsp3) is 0.478. The van der Waals surface area contributed by atoms with Gasteiger partial charge in [0.25, 0.3) is 74.2 Å². The quantitative estimate of drug-likeness (QED) is 0.0237. The zero-order chi connectivity index (χ0) is 58.8. The Morgan fingerprint density at radius 3 is 1.45 bits per heavy atom. The number of hydrogen-bond donors (Lipinski definition) is 10. The third-order valence-corrected chi connectivity index (χ3v) is 16.0. The largest absolute Gasteiger partial charge is 0.481 e. The van der Waals surface area contributed by atoms with Crippen molar-refractivity contribution in [3.8, 4) is 0 Å². The first-order valence-electron chi connectivity index (χ1n) is 23.8. The van der Waals surface area contributed by atoms with Crippen LogP contribution in [0.4, 0.5) is 11.4 Å². The lowest BCUT2D eigenvalue weighted by Crippen LogP contribution is -2.34. The molecule has 0 saturated carbocycles. The number of anilines is 1. The molecule has 0 radical (unpaired) electrons. The molecule has 10 N–H and O–H groups in total. The van der Waals surface area contributed by atoms with Crippen molar-refractivity contribution >= 4 is 97.3 Å². The second-order valence-corrected chi connectivity index (χ2v) is 26.9. The molecule has 2 heterocycles. The van der Waals surface area contributed by atoms with Gasteiger partial charge in [-0.2, -0.15) is 46.7 Å². The molecule has 32 heteroatoms. The number of benzene rings is 2. The fourth-order valence-corrected chi connectivity index (χ4v) is 10.9. The van der Waals surface area contributed by atoms with Gasteiger partial charge >= 0.3 is 5.97 Å². The van der Waals surface area contributed by atoms with E-state index in [1.54, 1.807) is 67.6 Å². The SMILES string of the molecule is CC1(C)C(=CC=CC=CC2=[N+](CCCS(=O)(=O)O)c3cc(C(=O)NCCS(=O)(=O)O)cc(C(=O)NCCS(=O)(=O)O)c3C2(C)C)N(CCCCCC(=O)O)c2cc(C(=O)NCCS(=O)(=O)O)cc(C(=O)NCCS(=O)(=O)O)c21. The maximum atomic E-state index is 13.9. The fourth-order valence-electron chi connectivity index (χ4n) is 8.94. The number of nitrogens with one attached hydrogen (secondary N) is 4. The Morgan fingerprint density at radius 1 is 0.538 bits per heavy atom. The minimum absolute atomic E-state index is 0.102. The van der Waals surface area contributed by atoms with Crippen LogP contribution in [0.1, 0.15) is 112 Å². The van der Waals surface area contributed by atoms with E-state index >= 15 is 0 Å². The number of carboxylic acid groups (broad SMARTS) is 1. The van der Waals surface area contributed by atoms with Crippen molar-refractivity contribution in [1.82, 2.24) is 21.3 Å². The summed E-state index contributed by atoms with van der Waals surface area (Å²) in [7, 11) is -22.6. The molecule has 0 bridgehead atoms. The summed E-state index contributed by atoms with van der Waals surface area (Å²) in [5.74, 6) is -8.67. The monoisotopic (exact) mass is 1200 g/mol. The molecule has 0 aromatic heterocycles. The first-order chi connectivity index (χ1) is 35.8. The summed E-state index contributed by atoms with van der Waals surface area (Å²) < 4.78 is 164.